The van der Waals surface area contributed by atoms with Crippen LogP contribution in [0.5, 0.6) is 5.75 Å². The summed E-state index contributed by atoms with van der Waals surface area (Å²) < 4.78 is 38.6. The summed E-state index contributed by atoms with van der Waals surface area (Å²) in [4.78, 5) is 28.9. The molecule has 3 heterocycles. The summed E-state index contributed by atoms with van der Waals surface area (Å²) in [7, 11) is -1.60. The fourth-order valence-corrected chi connectivity index (χ4v) is 9.59. The third-order valence-corrected chi connectivity index (χ3v) is 12.6. The zero-order valence-corrected chi connectivity index (χ0v) is 27.8. The second kappa shape index (κ2) is 12.9. The van der Waals surface area contributed by atoms with E-state index in [1.807, 2.05) is 18.2 Å². The van der Waals surface area contributed by atoms with E-state index in [2.05, 4.69) is 38.3 Å². The van der Waals surface area contributed by atoms with Gasteiger partial charge in [0.05, 0.1) is 43.3 Å². The molecule has 246 valence electrons. The molecular weight excluding hydrogens is 626 g/mol. The van der Waals surface area contributed by atoms with Crippen molar-refractivity contribution in [3.05, 3.63) is 70.3 Å². The van der Waals surface area contributed by atoms with Crippen LogP contribution in [0.25, 0.3) is 0 Å². The number of anilines is 1. The van der Waals surface area contributed by atoms with Crippen LogP contribution < -0.4 is 14.4 Å². The molecule has 2 aliphatic carbocycles. The van der Waals surface area contributed by atoms with Crippen molar-refractivity contribution in [3.63, 3.8) is 0 Å². The molecule has 2 aromatic rings. The first-order valence-corrected chi connectivity index (χ1v) is 18.5. The number of rotatable bonds is 3. The summed E-state index contributed by atoms with van der Waals surface area (Å²) in [5, 5.41) is 0.746. The van der Waals surface area contributed by atoms with Gasteiger partial charge in [0.2, 0.25) is 5.91 Å². The second-order valence-electron chi connectivity index (χ2n) is 13.5. The summed E-state index contributed by atoms with van der Waals surface area (Å²) in [5.41, 5.74) is 3.47. The maximum absolute atomic E-state index is 14.0. The van der Waals surface area contributed by atoms with E-state index in [4.69, 9.17) is 25.8 Å². The van der Waals surface area contributed by atoms with Crippen LogP contribution in [0.1, 0.15) is 60.0 Å². The van der Waals surface area contributed by atoms with Crippen molar-refractivity contribution in [2.75, 3.05) is 50.7 Å². The lowest BCUT2D eigenvalue weighted by Crippen LogP contribution is -2.49. The fraction of sp³-hybridized carbons (Fsp3) is 0.543. The smallest absolute Gasteiger partial charge is 0.286 e. The molecule has 2 fully saturated rings. The number of allylic oxidation sites excluding steroid dienone is 1. The molecule has 2 aromatic carbocycles. The van der Waals surface area contributed by atoms with Crippen molar-refractivity contribution in [2.45, 2.75) is 56.5 Å². The maximum Gasteiger partial charge on any atom is 0.286 e. The van der Waals surface area contributed by atoms with Crippen molar-refractivity contribution in [1.29, 1.82) is 0 Å². The highest BCUT2D eigenvalue weighted by Gasteiger charge is 2.44. The molecule has 3 aliphatic heterocycles. The number of carbonyl (C=O) groups excluding carboxylic acids is 2. The van der Waals surface area contributed by atoms with E-state index in [1.54, 1.807) is 13.2 Å². The Labute approximate surface area is 276 Å². The number of nitrogens with one attached hydrogen (secondary N) is 1. The molecule has 1 saturated carbocycles. The van der Waals surface area contributed by atoms with Gasteiger partial charge in [0, 0.05) is 36.2 Å². The predicted molar refractivity (Wildman–Crippen MR) is 178 cm³/mol. The molecule has 5 atom stereocenters. The number of aryl methyl sites for hydroxylation is 1. The third kappa shape index (κ3) is 6.21. The lowest BCUT2D eigenvalue weighted by molar-refractivity contribution is -0.136. The molecule has 11 heteroatoms. The molecule has 46 heavy (non-hydrogen) atoms. The molecular formula is C35H42ClN3O6S. The SMILES string of the molecule is CO[C@H]1/C=C/CCC[S@@](=O)(NC(=O)C2COC2)=NC(=O)c2ccc3c(c2)N(C[C@@H]2CC[C@H]21)C[C@@]1(CCCc2cc(Cl)ccc21)CO3. The van der Waals surface area contributed by atoms with Crippen molar-refractivity contribution in [2.24, 2.45) is 22.1 Å². The van der Waals surface area contributed by atoms with E-state index in [0.29, 0.717) is 42.6 Å². The monoisotopic (exact) mass is 667 g/mol. The first kappa shape index (κ1) is 31.7. The molecule has 1 N–H and O–H groups in total. The molecule has 0 radical (unpaired) electrons. The van der Waals surface area contributed by atoms with Crippen LogP contribution in [-0.4, -0.2) is 67.9 Å². The molecule has 1 saturated heterocycles. The molecule has 2 bridgehead atoms. The van der Waals surface area contributed by atoms with Gasteiger partial charge < -0.3 is 19.1 Å². The largest absolute Gasteiger partial charge is 0.490 e. The van der Waals surface area contributed by atoms with Gasteiger partial charge in [0.15, 0.2) is 0 Å². The van der Waals surface area contributed by atoms with Crippen molar-refractivity contribution in [1.82, 2.24) is 4.72 Å². The maximum atomic E-state index is 14.0. The van der Waals surface area contributed by atoms with Gasteiger partial charge in [-0.2, -0.15) is 0 Å². The van der Waals surface area contributed by atoms with Crippen LogP contribution in [0.2, 0.25) is 5.02 Å². The first-order chi connectivity index (χ1) is 22.3. The Morgan fingerprint density at radius 2 is 2.04 bits per heavy atom. The van der Waals surface area contributed by atoms with E-state index >= 15 is 0 Å². The number of fused-ring (bicyclic) bond motifs is 4. The van der Waals surface area contributed by atoms with Crippen LogP contribution >= 0.6 is 11.6 Å². The lowest BCUT2D eigenvalue weighted by atomic mass is 9.68. The van der Waals surface area contributed by atoms with Gasteiger partial charge in [-0.1, -0.05) is 29.8 Å². The Kier molecular flexibility index (Phi) is 8.91. The van der Waals surface area contributed by atoms with E-state index in [0.717, 1.165) is 55.9 Å². The number of hydrogen-bond acceptors (Lipinski definition) is 7. The number of nitrogens with zero attached hydrogens (tertiary/aromatic N) is 2. The van der Waals surface area contributed by atoms with Gasteiger partial charge in [0.1, 0.15) is 15.7 Å². The zero-order chi connectivity index (χ0) is 31.9. The summed E-state index contributed by atoms with van der Waals surface area (Å²) in [6.45, 7) is 2.60. The third-order valence-electron chi connectivity index (χ3n) is 10.5. The van der Waals surface area contributed by atoms with Crippen molar-refractivity contribution in [3.8, 4) is 5.75 Å². The number of amides is 2. The van der Waals surface area contributed by atoms with E-state index in [1.165, 1.54) is 11.1 Å². The minimum atomic E-state index is -3.36. The number of hydrogen-bond donors (Lipinski definition) is 1. The summed E-state index contributed by atoms with van der Waals surface area (Å²) in [6.07, 6.45) is 10.5. The normalized spacial score (nSPS) is 32.0. The Morgan fingerprint density at radius 3 is 2.80 bits per heavy atom. The minimum absolute atomic E-state index is 0.0267. The van der Waals surface area contributed by atoms with Crippen LogP contribution in [0, 0.1) is 17.8 Å². The number of carbonyl (C=O) groups is 2. The van der Waals surface area contributed by atoms with E-state index in [9.17, 15) is 13.8 Å². The van der Waals surface area contributed by atoms with Crippen LogP contribution in [0.4, 0.5) is 5.69 Å². The van der Waals surface area contributed by atoms with Gasteiger partial charge in [-0.3, -0.25) is 14.3 Å². The molecule has 7 rings (SSSR count). The van der Waals surface area contributed by atoms with Crippen LogP contribution in [0.15, 0.2) is 52.9 Å². The number of ether oxygens (including phenoxy) is 3. The Bertz CT molecular complexity index is 1670. The molecule has 2 amide bonds. The summed E-state index contributed by atoms with van der Waals surface area (Å²) in [5.74, 6) is 0.169. The van der Waals surface area contributed by atoms with Crippen LogP contribution in [0.3, 0.4) is 0 Å². The molecule has 1 spiro atoms. The van der Waals surface area contributed by atoms with E-state index < -0.39 is 21.7 Å². The summed E-state index contributed by atoms with van der Waals surface area (Å²) in [6, 6.07) is 11.6. The Hall–Kier alpha value is -2.92. The highest BCUT2D eigenvalue weighted by atomic mass is 35.5. The topological polar surface area (TPSA) is 107 Å². The highest BCUT2D eigenvalue weighted by molar-refractivity contribution is 7.92. The molecule has 0 aromatic heterocycles. The molecule has 5 aliphatic rings. The van der Waals surface area contributed by atoms with Gasteiger partial charge in [0.25, 0.3) is 5.91 Å². The standard InChI is InChI=1S/C35H42ClN3O6S/c1-43-31-7-3-2-4-15-46(42,38-34(41)26-19-44-20-26)37-33(40)24-9-13-32-30(17-24)39(18-25-8-11-28(25)31)21-35(22-45-32)14-5-6-23-16-27(36)10-12-29(23)35/h3,7,9-10,12-13,16-17,25-26,28,31H,2,4-6,8,11,14-15,18-22H2,1H3,(H,37,38,40,41,42)/b7-3+/t25-,28+,31-,35-,46-/m0/s1. The fourth-order valence-electron chi connectivity index (χ4n) is 7.74. The molecule has 9 nitrogen and oxygen atoms in total. The van der Waals surface area contributed by atoms with Crippen molar-refractivity contribution >= 4 is 39.0 Å². The lowest BCUT2D eigenvalue weighted by Gasteiger charge is -2.46. The Morgan fingerprint density at radius 1 is 1.17 bits per heavy atom. The number of methoxy groups -OCH3 is 1. The van der Waals surface area contributed by atoms with E-state index in [-0.39, 0.29) is 36.4 Å². The average Bonchev–Trinajstić information content (AvgIpc) is 3.13. The first-order valence-electron chi connectivity index (χ1n) is 16.4. The number of halogens is 1. The van der Waals surface area contributed by atoms with Gasteiger partial charge in [-0.15, -0.1) is 4.36 Å². The minimum Gasteiger partial charge on any atom is -0.490 e. The zero-order valence-electron chi connectivity index (χ0n) is 26.3. The second-order valence-corrected chi connectivity index (χ2v) is 16.0. The average molecular weight is 668 g/mol. The number of benzene rings is 2. The summed E-state index contributed by atoms with van der Waals surface area (Å²) >= 11 is 6.43. The molecule has 0 unspecified atom stereocenters. The quantitative estimate of drug-likeness (QED) is 0.432. The van der Waals surface area contributed by atoms with Gasteiger partial charge >= 0.3 is 0 Å². The Balaban J connectivity index is 1.29. The predicted octanol–water partition coefficient (Wildman–Crippen LogP) is 5.49. The highest BCUT2D eigenvalue weighted by Crippen LogP contribution is 2.47. The van der Waals surface area contributed by atoms with Gasteiger partial charge in [-0.05, 0) is 98.2 Å². The van der Waals surface area contributed by atoms with Crippen molar-refractivity contribution < 1.29 is 28.0 Å². The van der Waals surface area contributed by atoms with Gasteiger partial charge in [-0.25, -0.2) is 4.21 Å². The van der Waals surface area contributed by atoms with Crippen LogP contribution in [-0.2, 0) is 36.0 Å².